The van der Waals surface area contributed by atoms with E-state index < -0.39 is 0 Å². The van der Waals surface area contributed by atoms with Crippen molar-refractivity contribution in [3.05, 3.63) is 41.1 Å². The Kier molecular flexibility index (Phi) is 5.54. The zero-order chi connectivity index (χ0) is 18.0. The molecule has 0 unspecified atom stereocenters. The predicted molar refractivity (Wildman–Crippen MR) is 103 cm³/mol. The largest absolute Gasteiger partial charge is 0.493 e. The lowest BCUT2D eigenvalue weighted by atomic mass is 10.0. The number of allylic oxidation sites excluding steroid dienone is 3. The molecule has 4 nitrogen and oxygen atoms in total. The second-order valence-corrected chi connectivity index (χ2v) is 8.41. The molecule has 1 heterocycles. The number of carbonyl (C=O) groups is 1. The quantitative estimate of drug-likeness (QED) is 0.413. The summed E-state index contributed by atoms with van der Waals surface area (Å²) in [7, 11) is 3.86. The molecule has 0 aromatic heterocycles. The summed E-state index contributed by atoms with van der Waals surface area (Å²) in [6.07, 6.45) is 7.33. The molecule has 1 fully saturated rings. The highest BCUT2D eigenvalue weighted by atomic mass is 32.2. The maximum Gasteiger partial charge on any atom is 0.213 e. The van der Waals surface area contributed by atoms with Gasteiger partial charge in [0.1, 0.15) is 5.75 Å². The first-order chi connectivity index (χ1) is 12.0. The fourth-order valence-electron chi connectivity index (χ4n) is 2.83. The third-order valence-corrected chi connectivity index (χ3v) is 5.26. The van der Waals surface area contributed by atoms with Crippen LogP contribution in [-0.4, -0.2) is 36.3 Å². The Hall–Kier alpha value is -1.72. The minimum Gasteiger partial charge on any atom is -0.493 e. The summed E-state index contributed by atoms with van der Waals surface area (Å²) >= 11 is 1.76. The SMILES string of the molecule is CC(C)=C/C(=C\N(C)C=O)c1cc2c(cc1OCC1CC1)CN(C)S2. The van der Waals surface area contributed by atoms with Gasteiger partial charge in [0.15, 0.2) is 0 Å². The molecule has 3 rings (SSSR count). The summed E-state index contributed by atoms with van der Waals surface area (Å²) < 4.78 is 8.42. The van der Waals surface area contributed by atoms with Gasteiger partial charge in [-0.05, 0) is 69.3 Å². The predicted octanol–water partition coefficient (Wildman–Crippen LogP) is 4.32. The van der Waals surface area contributed by atoms with Crippen molar-refractivity contribution in [3.63, 3.8) is 0 Å². The van der Waals surface area contributed by atoms with Crippen molar-refractivity contribution in [2.45, 2.75) is 38.1 Å². The second-order valence-electron chi connectivity index (χ2n) is 7.16. The molecule has 25 heavy (non-hydrogen) atoms. The van der Waals surface area contributed by atoms with Crippen LogP contribution < -0.4 is 4.74 Å². The van der Waals surface area contributed by atoms with Crippen molar-refractivity contribution in [2.75, 3.05) is 20.7 Å². The number of ether oxygens (including phenoxy) is 1. The van der Waals surface area contributed by atoms with Gasteiger partial charge in [-0.15, -0.1) is 0 Å². The number of nitrogens with zero attached hydrogens (tertiary/aromatic N) is 2. The molecule has 134 valence electrons. The van der Waals surface area contributed by atoms with Crippen LogP contribution in [0.3, 0.4) is 0 Å². The molecule has 5 heteroatoms. The van der Waals surface area contributed by atoms with E-state index in [2.05, 4.69) is 43.4 Å². The van der Waals surface area contributed by atoms with E-state index in [9.17, 15) is 4.79 Å². The molecule has 0 radical (unpaired) electrons. The molecular weight excluding hydrogens is 332 g/mol. The normalized spacial score (nSPS) is 17.2. The van der Waals surface area contributed by atoms with Crippen LogP contribution in [-0.2, 0) is 11.3 Å². The molecular formula is C20H26N2O2S. The first-order valence-corrected chi connectivity index (χ1v) is 9.46. The van der Waals surface area contributed by atoms with Crippen molar-refractivity contribution in [1.82, 2.24) is 9.21 Å². The summed E-state index contributed by atoms with van der Waals surface area (Å²) in [5.41, 5.74) is 4.54. The fraction of sp³-hybridized carbons (Fsp3) is 0.450. The monoisotopic (exact) mass is 358 g/mol. The maximum absolute atomic E-state index is 11.1. The fourth-order valence-corrected chi connectivity index (χ4v) is 3.78. The molecule has 0 N–H and O–H groups in total. The smallest absolute Gasteiger partial charge is 0.213 e. The average molecular weight is 359 g/mol. The zero-order valence-electron chi connectivity index (χ0n) is 15.4. The molecule has 1 aromatic carbocycles. The highest BCUT2D eigenvalue weighted by molar-refractivity contribution is 7.97. The molecule has 0 spiro atoms. The van der Waals surface area contributed by atoms with Gasteiger partial charge in [0.25, 0.3) is 0 Å². The van der Waals surface area contributed by atoms with Crippen molar-refractivity contribution in [3.8, 4) is 5.75 Å². The highest BCUT2D eigenvalue weighted by Crippen LogP contribution is 2.41. The summed E-state index contributed by atoms with van der Waals surface area (Å²) in [4.78, 5) is 13.9. The van der Waals surface area contributed by atoms with Crippen molar-refractivity contribution in [2.24, 2.45) is 5.92 Å². The third-order valence-electron chi connectivity index (χ3n) is 4.25. The van der Waals surface area contributed by atoms with Gasteiger partial charge in [-0.1, -0.05) is 11.6 Å². The van der Waals surface area contributed by atoms with E-state index in [-0.39, 0.29) is 0 Å². The van der Waals surface area contributed by atoms with E-state index in [4.69, 9.17) is 4.74 Å². The number of hydrogen-bond acceptors (Lipinski definition) is 4. The topological polar surface area (TPSA) is 32.8 Å². The molecule has 2 aliphatic rings. The lowest BCUT2D eigenvalue weighted by Crippen LogP contribution is -2.08. The Morgan fingerprint density at radius 1 is 1.40 bits per heavy atom. The van der Waals surface area contributed by atoms with Gasteiger partial charge < -0.3 is 9.64 Å². The summed E-state index contributed by atoms with van der Waals surface area (Å²) in [5, 5.41) is 0. The molecule has 1 aromatic rings. The van der Waals surface area contributed by atoms with Gasteiger partial charge in [-0.2, -0.15) is 0 Å². The van der Waals surface area contributed by atoms with Crippen LogP contribution in [0.1, 0.15) is 37.8 Å². The number of rotatable bonds is 7. The maximum atomic E-state index is 11.1. The van der Waals surface area contributed by atoms with Crippen LogP contribution in [0.4, 0.5) is 0 Å². The van der Waals surface area contributed by atoms with Gasteiger partial charge >= 0.3 is 0 Å². The van der Waals surface area contributed by atoms with E-state index in [0.717, 1.165) is 36.4 Å². The van der Waals surface area contributed by atoms with Crippen LogP contribution in [0.2, 0.25) is 0 Å². The first-order valence-electron chi connectivity index (χ1n) is 8.69. The highest BCUT2D eigenvalue weighted by Gasteiger charge is 2.25. The van der Waals surface area contributed by atoms with Gasteiger partial charge in [-0.25, -0.2) is 4.31 Å². The first kappa shape index (κ1) is 18.1. The average Bonchev–Trinajstić information content (AvgIpc) is 3.31. The lowest BCUT2D eigenvalue weighted by Gasteiger charge is -2.16. The number of carbonyl (C=O) groups excluding carboxylic acids is 1. The number of benzene rings is 1. The summed E-state index contributed by atoms with van der Waals surface area (Å²) in [6, 6.07) is 4.38. The molecule has 0 atom stereocenters. The van der Waals surface area contributed by atoms with Crippen LogP contribution in [0.25, 0.3) is 5.57 Å². The van der Waals surface area contributed by atoms with E-state index in [1.165, 1.54) is 28.9 Å². The van der Waals surface area contributed by atoms with Crippen molar-refractivity contribution < 1.29 is 9.53 Å². The second kappa shape index (κ2) is 7.67. The Morgan fingerprint density at radius 2 is 2.16 bits per heavy atom. The van der Waals surface area contributed by atoms with Crippen molar-refractivity contribution >= 4 is 23.9 Å². The summed E-state index contributed by atoms with van der Waals surface area (Å²) in [5.74, 6) is 1.62. The number of hydrogen-bond donors (Lipinski definition) is 0. The Morgan fingerprint density at radius 3 is 2.80 bits per heavy atom. The minimum absolute atomic E-state index is 0.701. The van der Waals surface area contributed by atoms with Gasteiger partial charge in [-0.3, -0.25) is 4.79 Å². The van der Waals surface area contributed by atoms with Crippen molar-refractivity contribution in [1.29, 1.82) is 0 Å². The molecule has 1 amide bonds. The van der Waals surface area contributed by atoms with Crippen LogP contribution in [0.5, 0.6) is 5.75 Å². The Labute approximate surface area is 154 Å². The molecule has 0 bridgehead atoms. The standard InChI is InChI=1S/C20H26N2O2S/c1-14(2)7-16(10-21(3)13-23)18-9-20-17(11-22(4)25-20)8-19(18)24-12-15-5-6-15/h7-10,13,15H,5-6,11-12H2,1-4H3/b16-10+. The van der Waals surface area contributed by atoms with Crippen LogP contribution in [0, 0.1) is 5.92 Å². The van der Waals surface area contributed by atoms with Crippen LogP contribution >= 0.6 is 11.9 Å². The van der Waals surface area contributed by atoms with E-state index in [1.54, 1.807) is 23.9 Å². The van der Waals surface area contributed by atoms with Crippen LogP contribution in [0.15, 0.2) is 34.9 Å². The third kappa shape index (κ3) is 4.67. The van der Waals surface area contributed by atoms with E-state index in [1.807, 2.05) is 6.20 Å². The Balaban J connectivity index is 2.03. The van der Waals surface area contributed by atoms with E-state index in [0.29, 0.717) is 5.92 Å². The minimum atomic E-state index is 0.701. The van der Waals surface area contributed by atoms with Gasteiger partial charge in [0, 0.05) is 35.8 Å². The lowest BCUT2D eigenvalue weighted by molar-refractivity contribution is -0.114. The molecule has 1 aliphatic carbocycles. The molecule has 1 saturated carbocycles. The van der Waals surface area contributed by atoms with Gasteiger partial charge in [0.05, 0.1) is 6.61 Å². The molecule has 1 aliphatic heterocycles. The molecule has 0 saturated heterocycles. The zero-order valence-corrected chi connectivity index (χ0v) is 16.2. The summed E-state index contributed by atoms with van der Waals surface area (Å²) in [6.45, 7) is 5.83. The van der Waals surface area contributed by atoms with Gasteiger partial charge in [0.2, 0.25) is 6.41 Å². The Bertz CT molecular complexity index is 719. The van der Waals surface area contributed by atoms with E-state index >= 15 is 0 Å². The number of amides is 1. The number of fused-ring (bicyclic) bond motifs is 1.